The standard InChI is InChI=1S/C23H28N2O4/c1-23(2,3)16-7-10-18(11-8-16)29-15-21(26)24-17-9-12-19(20(14-17)28-4)25-13-5-6-22(25)27/h7-12,14H,5-6,13,15H2,1-4H3,(H,24,26). The van der Waals surface area contributed by atoms with Gasteiger partial charge in [-0.2, -0.15) is 0 Å². The molecule has 154 valence electrons. The van der Waals surface area contributed by atoms with Gasteiger partial charge in [-0.25, -0.2) is 0 Å². The molecular formula is C23H28N2O4. The van der Waals surface area contributed by atoms with E-state index in [0.29, 0.717) is 30.2 Å². The summed E-state index contributed by atoms with van der Waals surface area (Å²) in [7, 11) is 1.55. The number of benzene rings is 2. The highest BCUT2D eigenvalue weighted by Crippen LogP contribution is 2.33. The largest absolute Gasteiger partial charge is 0.494 e. The number of rotatable bonds is 6. The molecule has 0 spiro atoms. The Morgan fingerprint density at radius 3 is 2.45 bits per heavy atom. The first kappa shape index (κ1) is 20.7. The maximum Gasteiger partial charge on any atom is 0.262 e. The summed E-state index contributed by atoms with van der Waals surface area (Å²) in [5, 5.41) is 2.80. The summed E-state index contributed by atoms with van der Waals surface area (Å²) in [5.74, 6) is 1.02. The van der Waals surface area contributed by atoms with E-state index in [-0.39, 0.29) is 23.8 Å². The lowest BCUT2D eigenvalue weighted by Crippen LogP contribution is -2.24. The number of ether oxygens (including phenoxy) is 2. The molecule has 2 amide bonds. The summed E-state index contributed by atoms with van der Waals surface area (Å²) in [6, 6.07) is 13.0. The van der Waals surface area contributed by atoms with Gasteiger partial charge in [0.05, 0.1) is 12.8 Å². The van der Waals surface area contributed by atoms with Crippen molar-refractivity contribution in [1.82, 2.24) is 0 Å². The van der Waals surface area contributed by atoms with Gasteiger partial charge in [-0.3, -0.25) is 9.59 Å². The minimum absolute atomic E-state index is 0.0702. The Labute approximate surface area is 171 Å². The summed E-state index contributed by atoms with van der Waals surface area (Å²) >= 11 is 0. The van der Waals surface area contributed by atoms with Gasteiger partial charge in [0, 0.05) is 24.7 Å². The van der Waals surface area contributed by atoms with Crippen LogP contribution in [0.1, 0.15) is 39.2 Å². The quantitative estimate of drug-likeness (QED) is 0.797. The molecule has 0 bridgehead atoms. The first-order valence-corrected chi connectivity index (χ1v) is 9.79. The van der Waals surface area contributed by atoms with Gasteiger partial charge in [-0.05, 0) is 41.7 Å². The van der Waals surface area contributed by atoms with Crippen LogP contribution < -0.4 is 19.7 Å². The Morgan fingerprint density at radius 2 is 1.86 bits per heavy atom. The molecule has 2 aromatic carbocycles. The van der Waals surface area contributed by atoms with Crippen LogP contribution in [-0.2, 0) is 15.0 Å². The molecule has 2 aromatic rings. The molecule has 1 N–H and O–H groups in total. The van der Waals surface area contributed by atoms with Crippen molar-refractivity contribution >= 4 is 23.2 Å². The molecule has 0 unspecified atom stereocenters. The average Bonchev–Trinajstić information content (AvgIpc) is 3.11. The van der Waals surface area contributed by atoms with E-state index in [1.54, 1.807) is 30.2 Å². The molecule has 1 aliphatic rings. The van der Waals surface area contributed by atoms with Crippen LogP contribution in [0.25, 0.3) is 0 Å². The third kappa shape index (κ3) is 5.08. The molecule has 3 rings (SSSR count). The Kier molecular flexibility index (Phi) is 6.11. The van der Waals surface area contributed by atoms with Gasteiger partial charge in [0.25, 0.3) is 5.91 Å². The smallest absolute Gasteiger partial charge is 0.262 e. The number of carbonyl (C=O) groups is 2. The van der Waals surface area contributed by atoms with Crippen LogP contribution in [-0.4, -0.2) is 32.1 Å². The number of hydrogen-bond acceptors (Lipinski definition) is 4. The zero-order valence-corrected chi connectivity index (χ0v) is 17.5. The fraction of sp³-hybridized carbons (Fsp3) is 0.391. The lowest BCUT2D eigenvalue weighted by molar-refractivity contribution is -0.118. The predicted octanol–water partition coefficient (Wildman–Crippen LogP) is 4.14. The highest BCUT2D eigenvalue weighted by atomic mass is 16.5. The molecule has 1 aliphatic heterocycles. The van der Waals surface area contributed by atoms with Gasteiger partial charge in [-0.1, -0.05) is 32.9 Å². The Balaban J connectivity index is 1.59. The third-order valence-corrected chi connectivity index (χ3v) is 4.92. The lowest BCUT2D eigenvalue weighted by Gasteiger charge is -2.20. The number of hydrogen-bond donors (Lipinski definition) is 1. The van der Waals surface area contributed by atoms with Gasteiger partial charge < -0.3 is 19.7 Å². The Hall–Kier alpha value is -3.02. The van der Waals surface area contributed by atoms with Gasteiger partial charge in [0.1, 0.15) is 11.5 Å². The van der Waals surface area contributed by atoms with Crippen molar-refractivity contribution in [2.24, 2.45) is 0 Å². The minimum atomic E-state index is -0.267. The van der Waals surface area contributed by atoms with Crippen LogP contribution >= 0.6 is 0 Å². The van der Waals surface area contributed by atoms with E-state index in [9.17, 15) is 9.59 Å². The fourth-order valence-corrected chi connectivity index (χ4v) is 3.28. The summed E-state index contributed by atoms with van der Waals surface area (Å²) in [6.07, 6.45) is 1.39. The number of carbonyl (C=O) groups excluding carboxylic acids is 2. The molecule has 1 fully saturated rings. The van der Waals surface area contributed by atoms with Crippen LogP contribution in [0.15, 0.2) is 42.5 Å². The highest BCUT2D eigenvalue weighted by Gasteiger charge is 2.24. The molecule has 1 saturated heterocycles. The van der Waals surface area contributed by atoms with Crippen molar-refractivity contribution in [2.45, 2.75) is 39.0 Å². The number of methoxy groups -OCH3 is 1. The van der Waals surface area contributed by atoms with Crippen molar-refractivity contribution in [2.75, 3.05) is 30.5 Å². The van der Waals surface area contributed by atoms with E-state index in [0.717, 1.165) is 12.1 Å². The maximum atomic E-state index is 12.3. The van der Waals surface area contributed by atoms with E-state index < -0.39 is 0 Å². The van der Waals surface area contributed by atoms with Crippen LogP contribution in [0.2, 0.25) is 0 Å². The molecule has 0 saturated carbocycles. The maximum absolute atomic E-state index is 12.3. The van der Waals surface area contributed by atoms with Crippen LogP contribution in [0.3, 0.4) is 0 Å². The summed E-state index contributed by atoms with van der Waals surface area (Å²) in [5.41, 5.74) is 2.59. The molecule has 0 aliphatic carbocycles. The number of nitrogens with zero attached hydrogens (tertiary/aromatic N) is 1. The van der Waals surface area contributed by atoms with Crippen LogP contribution in [0.5, 0.6) is 11.5 Å². The second-order valence-electron chi connectivity index (χ2n) is 8.15. The number of amides is 2. The molecule has 0 aromatic heterocycles. The van der Waals surface area contributed by atoms with Crippen LogP contribution in [0, 0.1) is 0 Å². The van der Waals surface area contributed by atoms with E-state index in [1.165, 1.54) is 5.56 Å². The predicted molar refractivity (Wildman–Crippen MR) is 114 cm³/mol. The molecule has 6 heteroatoms. The first-order chi connectivity index (χ1) is 13.8. The van der Waals surface area contributed by atoms with Crippen molar-refractivity contribution < 1.29 is 19.1 Å². The van der Waals surface area contributed by atoms with Crippen molar-refractivity contribution in [3.8, 4) is 11.5 Å². The second-order valence-corrected chi connectivity index (χ2v) is 8.15. The summed E-state index contributed by atoms with van der Waals surface area (Å²) in [4.78, 5) is 26.0. The monoisotopic (exact) mass is 396 g/mol. The van der Waals surface area contributed by atoms with Gasteiger partial charge in [0.2, 0.25) is 5.91 Å². The van der Waals surface area contributed by atoms with Crippen molar-refractivity contribution in [3.05, 3.63) is 48.0 Å². The van der Waals surface area contributed by atoms with Crippen LogP contribution in [0.4, 0.5) is 11.4 Å². The molecule has 29 heavy (non-hydrogen) atoms. The Morgan fingerprint density at radius 1 is 1.14 bits per heavy atom. The van der Waals surface area contributed by atoms with Gasteiger partial charge in [-0.15, -0.1) is 0 Å². The topological polar surface area (TPSA) is 67.9 Å². The summed E-state index contributed by atoms with van der Waals surface area (Å²) in [6.45, 7) is 7.03. The SMILES string of the molecule is COc1cc(NC(=O)COc2ccc(C(C)(C)C)cc2)ccc1N1CCCC1=O. The molecule has 0 radical (unpaired) electrons. The molecule has 6 nitrogen and oxygen atoms in total. The minimum Gasteiger partial charge on any atom is -0.494 e. The zero-order chi connectivity index (χ0) is 21.0. The summed E-state index contributed by atoms with van der Waals surface area (Å²) < 4.78 is 11.0. The number of nitrogens with one attached hydrogen (secondary N) is 1. The number of anilines is 2. The highest BCUT2D eigenvalue weighted by molar-refractivity contribution is 5.98. The molecular weight excluding hydrogens is 368 g/mol. The fourth-order valence-electron chi connectivity index (χ4n) is 3.28. The first-order valence-electron chi connectivity index (χ1n) is 9.79. The molecule has 0 atom stereocenters. The lowest BCUT2D eigenvalue weighted by atomic mass is 9.87. The zero-order valence-electron chi connectivity index (χ0n) is 17.5. The van der Waals surface area contributed by atoms with Gasteiger partial charge >= 0.3 is 0 Å². The average molecular weight is 396 g/mol. The third-order valence-electron chi connectivity index (χ3n) is 4.92. The van der Waals surface area contributed by atoms with E-state index in [1.807, 2.05) is 24.3 Å². The van der Waals surface area contributed by atoms with Crippen molar-refractivity contribution in [1.29, 1.82) is 0 Å². The van der Waals surface area contributed by atoms with E-state index in [2.05, 4.69) is 26.1 Å². The Bertz CT molecular complexity index is 885. The molecule has 1 heterocycles. The normalized spacial score (nSPS) is 14.1. The van der Waals surface area contributed by atoms with E-state index >= 15 is 0 Å². The van der Waals surface area contributed by atoms with Crippen molar-refractivity contribution in [3.63, 3.8) is 0 Å². The second kappa shape index (κ2) is 8.55. The van der Waals surface area contributed by atoms with Gasteiger partial charge in [0.15, 0.2) is 6.61 Å². The van der Waals surface area contributed by atoms with E-state index in [4.69, 9.17) is 9.47 Å².